The SMILES string of the molecule is CC1CCN(C[C@@H]2OC[C@H](NC(=O)CC(C)(C)C)[C@H]2O)CC1. The van der Waals surface area contributed by atoms with Crippen LogP contribution in [0.3, 0.4) is 0 Å². The van der Waals surface area contributed by atoms with Crippen molar-refractivity contribution in [1.29, 1.82) is 0 Å². The van der Waals surface area contributed by atoms with E-state index in [2.05, 4.69) is 17.1 Å². The molecule has 0 unspecified atom stereocenters. The number of nitrogens with zero attached hydrogens (tertiary/aromatic N) is 1. The van der Waals surface area contributed by atoms with Crippen LogP contribution in [0.1, 0.15) is 47.0 Å². The van der Waals surface area contributed by atoms with Crippen molar-refractivity contribution < 1.29 is 14.6 Å². The smallest absolute Gasteiger partial charge is 0.220 e. The standard InChI is InChI=1S/C17H32N2O3/c1-12-5-7-19(8-6-12)10-14-16(21)13(11-22-14)18-15(20)9-17(2,3)4/h12-14,16,21H,5-11H2,1-4H3,(H,18,20)/t13-,14-,16+/m0/s1. The second kappa shape index (κ2) is 7.28. The lowest BCUT2D eigenvalue weighted by molar-refractivity contribution is -0.124. The van der Waals surface area contributed by atoms with Gasteiger partial charge in [-0.3, -0.25) is 4.79 Å². The molecule has 3 atom stereocenters. The van der Waals surface area contributed by atoms with Gasteiger partial charge in [0.1, 0.15) is 6.10 Å². The fraction of sp³-hybridized carbons (Fsp3) is 0.941. The van der Waals surface area contributed by atoms with Crippen LogP contribution in [0.15, 0.2) is 0 Å². The van der Waals surface area contributed by atoms with E-state index in [-0.39, 0.29) is 23.5 Å². The predicted molar refractivity (Wildman–Crippen MR) is 86.6 cm³/mol. The summed E-state index contributed by atoms with van der Waals surface area (Å²) in [6.07, 6.45) is 2.10. The Balaban J connectivity index is 1.77. The first-order chi connectivity index (χ1) is 10.2. The molecule has 0 aliphatic carbocycles. The summed E-state index contributed by atoms with van der Waals surface area (Å²) < 4.78 is 5.73. The van der Waals surface area contributed by atoms with Crippen molar-refractivity contribution in [2.45, 2.75) is 65.2 Å². The number of carbonyl (C=O) groups is 1. The number of hydrogen-bond acceptors (Lipinski definition) is 4. The fourth-order valence-corrected chi connectivity index (χ4v) is 3.21. The van der Waals surface area contributed by atoms with Crippen LogP contribution in [0.2, 0.25) is 0 Å². The van der Waals surface area contributed by atoms with Gasteiger partial charge in [-0.1, -0.05) is 27.7 Å². The van der Waals surface area contributed by atoms with Crippen molar-refractivity contribution in [2.24, 2.45) is 11.3 Å². The maximum absolute atomic E-state index is 12.0. The minimum absolute atomic E-state index is 0.00685. The molecule has 1 amide bonds. The molecular weight excluding hydrogens is 280 g/mol. The van der Waals surface area contributed by atoms with Crippen molar-refractivity contribution in [3.63, 3.8) is 0 Å². The molecular formula is C17H32N2O3. The molecule has 2 aliphatic heterocycles. The molecule has 5 nitrogen and oxygen atoms in total. The largest absolute Gasteiger partial charge is 0.388 e. The highest BCUT2D eigenvalue weighted by molar-refractivity contribution is 5.77. The molecule has 22 heavy (non-hydrogen) atoms. The van der Waals surface area contributed by atoms with Gasteiger partial charge in [0.2, 0.25) is 5.91 Å². The zero-order valence-corrected chi connectivity index (χ0v) is 14.5. The molecule has 2 saturated heterocycles. The molecule has 0 spiro atoms. The third-order valence-corrected chi connectivity index (χ3v) is 4.63. The first-order valence-corrected chi connectivity index (χ1v) is 8.56. The lowest BCUT2D eigenvalue weighted by atomic mass is 9.91. The summed E-state index contributed by atoms with van der Waals surface area (Å²) >= 11 is 0. The van der Waals surface area contributed by atoms with Crippen molar-refractivity contribution in [2.75, 3.05) is 26.2 Å². The number of aliphatic hydroxyl groups is 1. The van der Waals surface area contributed by atoms with Gasteiger partial charge in [0.25, 0.3) is 0 Å². The molecule has 2 rings (SSSR count). The third-order valence-electron chi connectivity index (χ3n) is 4.63. The van der Waals surface area contributed by atoms with E-state index in [0.29, 0.717) is 13.0 Å². The summed E-state index contributed by atoms with van der Waals surface area (Å²) in [4.78, 5) is 14.4. The van der Waals surface area contributed by atoms with Gasteiger partial charge in [0, 0.05) is 13.0 Å². The Morgan fingerprint density at radius 2 is 1.95 bits per heavy atom. The van der Waals surface area contributed by atoms with E-state index < -0.39 is 6.10 Å². The van der Waals surface area contributed by atoms with Crippen LogP contribution < -0.4 is 5.32 Å². The number of likely N-dealkylation sites (tertiary alicyclic amines) is 1. The summed E-state index contributed by atoms with van der Waals surface area (Å²) in [6.45, 7) is 11.7. The number of piperidine rings is 1. The summed E-state index contributed by atoms with van der Waals surface area (Å²) in [5.74, 6) is 0.794. The quantitative estimate of drug-likeness (QED) is 0.824. The van der Waals surface area contributed by atoms with E-state index in [4.69, 9.17) is 4.74 Å². The number of ether oxygens (including phenoxy) is 1. The van der Waals surface area contributed by atoms with Gasteiger partial charge in [0.05, 0.1) is 18.8 Å². The van der Waals surface area contributed by atoms with E-state index in [0.717, 1.165) is 25.6 Å². The van der Waals surface area contributed by atoms with Gasteiger partial charge >= 0.3 is 0 Å². The zero-order chi connectivity index (χ0) is 16.3. The van der Waals surface area contributed by atoms with Crippen LogP contribution in [-0.4, -0.2) is 60.4 Å². The molecule has 5 heteroatoms. The molecule has 0 aromatic heterocycles. The van der Waals surface area contributed by atoms with Gasteiger partial charge in [-0.2, -0.15) is 0 Å². The fourth-order valence-electron chi connectivity index (χ4n) is 3.21. The Bertz CT molecular complexity index is 373. The van der Waals surface area contributed by atoms with E-state index in [1.807, 2.05) is 20.8 Å². The first-order valence-electron chi connectivity index (χ1n) is 8.56. The molecule has 2 fully saturated rings. The monoisotopic (exact) mass is 312 g/mol. The van der Waals surface area contributed by atoms with Gasteiger partial charge < -0.3 is 20.1 Å². The van der Waals surface area contributed by atoms with Crippen LogP contribution >= 0.6 is 0 Å². The van der Waals surface area contributed by atoms with E-state index >= 15 is 0 Å². The summed E-state index contributed by atoms with van der Waals surface area (Å²) in [7, 11) is 0. The minimum Gasteiger partial charge on any atom is -0.388 e. The average molecular weight is 312 g/mol. The molecule has 0 aromatic carbocycles. The van der Waals surface area contributed by atoms with E-state index in [1.54, 1.807) is 0 Å². The molecule has 0 aromatic rings. The number of carbonyl (C=O) groups excluding carboxylic acids is 1. The van der Waals surface area contributed by atoms with Crippen molar-refractivity contribution in [1.82, 2.24) is 10.2 Å². The lowest BCUT2D eigenvalue weighted by Gasteiger charge is -2.32. The molecule has 128 valence electrons. The molecule has 0 saturated carbocycles. The zero-order valence-electron chi connectivity index (χ0n) is 14.5. The highest BCUT2D eigenvalue weighted by atomic mass is 16.5. The van der Waals surface area contributed by atoms with Gasteiger partial charge in [0.15, 0.2) is 0 Å². The Morgan fingerprint density at radius 1 is 1.32 bits per heavy atom. The number of rotatable bonds is 4. The summed E-state index contributed by atoms with van der Waals surface area (Å²) in [5, 5.41) is 13.3. The van der Waals surface area contributed by atoms with Gasteiger partial charge in [-0.15, -0.1) is 0 Å². The van der Waals surface area contributed by atoms with Gasteiger partial charge in [-0.05, 0) is 37.3 Å². The van der Waals surface area contributed by atoms with Crippen LogP contribution in [0.25, 0.3) is 0 Å². The first kappa shape index (κ1) is 17.7. The number of aliphatic hydroxyl groups excluding tert-OH is 1. The molecule has 2 heterocycles. The maximum atomic E-state index is 12.0. The lowest BCUT2D eigenvalue weighted by Crippen LogP contribution is -2.48. The Labute approximate surface area is 134 Å². The number of hydrogen-bond donors (Lipinski definition) is 2. The Kier molecular flexibility index (Phi) is 5.86. The summed E-state index contributed by atoms with van der Waals surface area (Å²) in [5.41, 5.74) is -0.0433. The van der Waals surface area contributed by atoms with E-state index in [9.17, 15) is 9.90 Å². The van der Waals surface area contributed by atoms with Crippen molar-refractivity contribution >= 4 is 5.91 Å². The highest BCUT2D eigenvalue weighted by Crippen LogP contribution is 2.22. The average Bonchev–Trinajstić information content (AvgIpc) is 2.72. The normalized spacial score (nSPS) is 31.4. The Morgan fingerprint density at radius 3 is 2.55 bits per heavy atom. The Hall–Kier alpha value is -0.650. The number of amides is 1. The maximum Gasteiger partial charge on any atom is 0.220 e. The van der Waals surface area contributed by atoms with Crippen LogP contribution in [-0.2, 0) is 9.53 Å². The van der Waals surface area contributed by atoms with Crippen LogP contribution in [0, 0.1) is 11.3 Å². The van der Waals surface area contributed by atoms with Crippen LogP contribution in [0.5, 0.6) is 0 Å². The molecule has 2 N–H and O–H groups in total. The third kappa shape index (κ3) is 5.21. The molecule has 0 bridgehead atoms. The number of nitrogens with one attached hydrogen (secondary N) is 1. The summed E-state index contributed by atoms with van der Waals surface area (Å²) in [6, 6.07) is -0.274. The van der Waals surface area contributed by atoms with Crippen molar-refractivity contribution in [3.05, 3.63) is 0 Å². The highest BCUT2D eigenvalue weighted by Gasteiger charge is 2.38. The second-order valence-corrected chi connectivity index (χ2v) is 8.26. The predicted octanol–water partition coefficient (Wildman–Crippen LogP) is 1.40. The van der Waals surface area contributed by atoms with E-state index in [1.165, 1.54) is 12.8 Å². The topological polar surface area (TPSA) is 61.8 Å². The van der Waals surface area contributed by atoms with Crippen LogP contribution in [0.4, 0.5) is 0 Å². The van der Waals surface area contributed by atoms with Crippen molar-refractivity contribution in [3.8, 4) is 0 Å². The minimum atomic E-state index is -0.608. The second-order valence-electron chi connectivity index (χ2n) is 8.26. The molecule has 2 aliphatic rings. The molecule has 0 radical (unpaired) electrons. The van der Waals surface area contributed by atoms with Gasteiger partial charge in [-0.25, -0.2) is 0 Å².